The monoisotopic (exact) mass is 242 g/mol. The lowest BCUT2D eigenvalue weighted by Gasteiger charge is -2.19. The second kappa shape index (κ2) is 6.97. The van der Waals surface area contributed by atoms with Gasteiger partial charge in [-0.05, 0) is 25.2 Å². The minimum absolute atomic E-state index is 0.0188. The van der Waals surface area contributed by atoms with Gasteiger partial charge in [0.05, 0.1) is 6.04 Å². The fourth-order valence-corrected chi connectivity index (χ4v) is 2.24. The van der Waals surface area contributed by atoms with Crippen molar-refractivity contribution in [3.05, 3.63) is 0 Å². The van der Waals surface area contributed by atoms with Gasteiger partial charge >= 0.3 is 0 Å². The third kappa shape index (κ3) is 4.64. The van der Waals surface area contributed by atoms with E-state index in [0.29, 0.717) is 12.0 Å². The molecule has 2 unspecified atom stereocenters. The summed E-state index contributed by atoms with van der Waals surface area (Å²) in [6.07, 6.45) is 2.90. The molecule has 0 spiro atoms. The number of nitrogens with zero attached hydrogens (tertiary/aromatic N) is 1. The number of likely N-dealkylation sites (tertiary alicyclic amines) is 1. The summed E-state index contributed by atoms with van der Waals surface area (Å²) in [6.45, 7) is 8.12. The molecule has 1 aliphatic rings. The van der Waals surface area contributed by atoms with Crippen LogP contribution in [-0.4, -0.2) is 47.7 Å². The molecule has 1 amide bonds. The van der Waals surface area contributed by atoms with Crippen molar-refractivity contribution < 1.29 is 9.90 Å². The lowest BCUT2D eigenvalue weighted by molar-refractivity contribution is -0.129. The lowest BCUT2D eigenvalue weighted by Crippen LogP contribution is -2.41. The number of nitrogens with one attached hydrogen (secondary N) is 1. The Labute approximate surface area is 104 Å². The predicted octanol–water partition coefficient (Wildman–Crippen LogP) is 0.994. The number of aliphatic hydroxyl groups is 1. The van der Waals surface area contributed by atoms with Gasteiger partial charge in [0.1, 0.15) is 0 Å². The van der Waals surface area contributed by atoms with E-state index in [0.717, 1.165) is 32.4 Å². The van der Waals surface area contributed by atoms with Crippen LogP contribution in [0.25, 0.3) is 0 Å². The maximum Gasteiger partial charge on any atom is 0.239 e. The third-order valence-electron chi connectivity index (χ3n) is 3.27. The first kappa shape index (κ1) is 14.5. The summed E-state index contributed by atoms with van der Waals surface area (Å²) in [6, 6.07) is 0.378. The van der Waals surface area contributed by atoms with E-state index in [1.807, 2.05) is 11.8 Å². The van der Waals surface area contributed by atoms with E-state index in [1.54, 1.807) is 0 Å². The molecule has 17 heavy (non-hydrogen) atoms. The van der Waals surface area contributed by atoms with Crippen molar-refractivity contribution in [1.82, 2.24) is 10.2 Å². The van der Waals surface area contributed by atoms with Gasteiger partial charge in [-0.3, -0.25) is 4.79 Å². The Hall–Kier alpha value is -0.610. The normalized spacial score (nSPS) is 22.5. The maximum absolute atomic E-state index is 12.0. The molecule has 1 heterocycles. The molecule has 0 aromatic heterocycles. The Morgan fingerprint density at radius 3 is 2.76 bits per heavy atom. The summed E-state index contributed by atoms with van der Waals surface area (Å²) in [5.74, 6) is 0.590. The standard InChI is InChI=1S/C13H26N2O2/c1-10(2)14-12-6-8-15(13(12)17)7-4-5-11(3)9-16/h10-12,14,16H,4-9H2,1-3H3. The van der Waals surface area contributed by atoms with Crippen LogP contribution < -0.4 is 5.32 Å². The second-order valence-corrected chi connectivity index (χ2v) is 5.42. The van der Waals surface area contributed by atoms with Gasteiger partial charge in [0.15, 0.2) is 0 Å². The Kier molecular flexibility index (Phi) is 5.92. The number of carbonyl (C=O) groups is 1. The van der Waals surface area contributed by atoms with Crippen LogP contribution in [0.15, 0.2) is 0 Å². The molecule has 4 nitrogen and oxygen atoms in total. The number of aliphatic hydroxyl groups excluding tert-OH is 1. The van der Waals surface area contributed by atoms with Crippen LogP contribution in [0.1, 0.15) is 40.0 Å². The molecule has 2 N–H and O–H groups in total. The fraction of sp³-hybridized carbons (Fsp3) is 0.923. The summed E-state index contributed by atoms with van der Waals surface area (Å²) in [5, 5.41) is 12.2. The molecule has 2 atom stereocenters. The smallest absolute Gasteiger partial charge is 0.239 e. The number of hydrogen-bond acceptors (Lipinski definition) is 3. The van der Waals surface area contributed by atoms with Crippen molar-refractivity contribution in [2.24, 2.45) is 5.92 Å². The van der Waals surface area contributed by atoms with E-state index in [9.17, 15) is 4.79 Å². The molecule has 0 radical (unpaired) electrons. The molecule has 1 saturated heterocycles. The van der Waals surface area contributed by atoms with Crippen molar-refractivity contribution in [2.45, 2.75) is 52.1 Å². The molecule has 1 fully saturated rings. The summed E-state index contributed by atoms with van der Waals surface area (Å²) in [7, 11) is 0. The van der Waals surface area contributed by atoms with Gasteiger partial charge < -0.3 is 15.3 Å². The van der Waals surface area contributed by atoms with Gasteiger partial charge in [0.25, 0.3) is 0 Å². The quantitative estimate of drug-likeness (QED) is 0.700. The highest BCUT2D eigenvalue weighted by atomic mass is 16.3. The van der Waals surface area contributed by atoms with Gasteiger partial charge in [-0.1, -0.05) is 20.8 Å². The lowest BCUT2D eigenvalue weighted by atomic mass is 10.1. The van der Waals surface area contributed by atoms with Crippen LogP contribution in [0.4, 0.5) is 0 Å². The van der Waals surface area contributed by atoms with E-state index < -0.39 is 0 Å². The zero-order valence-corrected chi connectivity index (χ0v) is 11.3. The summed E-state index contributed by atoms with van der Waals surface area (Å²) >= 11 is 0. The molecule has 0 aromatic carbocycles. The number of carbonyl (C=O) groups excluding carboxylic acids is 1. The Morgan fingerprint density at radius 2 is 2.18 bits per heavy atom. The highest BCUT2D eigenvalue weighted by Gasteiger charge is 2.31. The first-order valence-electron chi connectivity index (χ1n) is 6.70. The molecule has 1 aliphatic heterocycles. The van der Waals surface area contributed by atoms with Crippen molar-refractivity contribution >= 4 is 5.91 Å². The highest BCUT2D eigenvalue weighted by molar-refractivity contribution is 5.83. The minimum Gasteiger partial charge on any atom is -0.396 e. The SMILES string of the molecule is CC(CO)CCCN1CCC(NC(C)C)C1=O. The number of rotatable bonds is 7. The van der Waals surface area contributed by atoms with Crippen LogP contribution in [0.3, 0.4) is 0 Å². The van der Waals surface area contributed by atoms with Gasteiger partial charge in [-0.25, -0.2) is 0 Å². The van der Waals surface area contributed by atoms with Gasteiger partial charge in [-0.15, -0.1) is 0 Å². The Morgan fingerprint density at radius 1 is 1.47 bits per heavy atom. The van der Waals surface area contributed by atoms with Crippen LogP contribution in [-0.2, 0) is 4.79 Å². The van der Waals surface area contributed by atoms with E-state index in [4.69, 9.17) is 5.11 Å². The zero-order chi connectivity index (χ0) is 12.8. The summed E-state index contributed by atoms with van der Waals surface area (Å²) in [4.78, 5) is 13.9. The minimum atomic E-state index is 0.0188. The van der Waals surface area contributed by atoms with Crippen molar-refractivity contribution in [2.75, 3.05) is 19.7 Å². The molecule has 0 aliphatic carbocycles. The molecule has 0 saturated carbocycles. The fourth-order valence-electron chi connectivity index (χ4n) is 2.24. The highest BCUT2D eigenvalue weighted by Crippen LogP contribution is 2.14. The largest absolute Gasteiger partial charge is 0.396 e. The van der Waals surface area contributed by atoms with Crippen LogP contribution in [0.2, 0.25) is 0 Å². The van der Waals surface area contributed by atoms with Crippen molar-refractivity contribution in [1.29, 1.82) is 0 Å². The molecule has 100 valence electrons. The van der Waals surface area contributed by atoms with E-state index in [2.05, 4.69) is 19.2 Å². The molecule has 4 heteroatoms. The molecular weight excluding hydrogens is 216 g/mol. The maximum atomic E-state index is 12.0. The molecule has 0 bridgehead atoms. The topological polar surface area (TPSA) is 52.6 Å². The summed E-state index contributed by atoms with van der Waals surface area (Å²) < 4.78 is 0. The molecule has 0 aromatic rings. The van der Waals surface area contributed by atoms with Crippen molar-refractivity contribution in [3.63, 3.8) is 0 Å². The van der Waals surface area contributed by atoms with Gasteiger partial charge in [0.2, 0.25) is 5.91 Å². The average Bonchev–Trinajstić information content (AvgIpc) is 2.60. The zero-order valence-electron chi connectivity index (χ0n) is 11.3. The Bertz CT molecular complexity index is 244. The van der Waals surface area contributed by atoms with E-state index in [1.165, 1.54) is 0 Å². The molecule has 1 rings (SSSR count). The van der Waals surface area contributed by atoms with E-state index in [-0.39, 0.29) is 18.6 Å². The van der Waals surface area contributed by atoms with Crippen LogP contribution in [0, 0.1) is 5.92 Å². The van der Waals surface area contributed by atoms with Crippen molar-refractivity contribution in [3.8, 4) is 0 Å². The summed E-state index contributed by atoms with van der Waals surface area (Å²) in [5.41, 5.74) is 0. The number of amides is 1. The first-order valence-corrected chi connectivity index (χ1v) is 6.70. The predicted molar refractivity (Wildman–Crippen MR) is 68.7 cm³/mol. The van der Waals surface area contributed by atoms with Gasteiger partial charge in [0, 0.05) is 25.7 Å². The Balaban J connectivity index is 2.25. The molecular formula is C13H26N2O2. The second-order valence-electron chi connectivity index (χ2n) is 5.42. The first-order chi connectivity index (χ1) is 8.04. The third-order valence-corrected chi connectivity index (χ3v) is 3.27. The number of hydrogen-bond donors (Lipinski definition) is 2. The van der Waals surface area contributed by atoms with Gasteiger partial charge in [-0.2, -0.15) is 0 Å². The van der Waals surface area contributed by atoms with E-state index >= 15 is 0 Å². The van der Waals surface area contributed by atoms with Crippen LogP contribution >= 0.6 is 0 Å². The van der Waals surface area contributed by atoms with Crippen LogP contribution in [0.5, 0.6) is 0 Å². The average molecular weight is 242 g/mol.